The van der Waals surface area contributed by atoms with E-state index in [0.29, 0.717) is 16.8 Å². The third kappa shape index (κ3) is 5.75. The highest BCUT2D eigenvalue weighted by Gasteiger charge is 2.63. The Labute approximate surface area is 183 Å². The first-order valence-corrected chi connectivity index (χ1v) is 20.2. The largest absolute Gasteiger partial charge is 0.417 e. The van der Waals surface area contributed by atoms with Gasteiger partial charge in [0.15, 0.2) is 0 Å². The average Bonchev–Trinajstić information content (AvgIpc) is 3.45. The number of hydrogen-bond donors (Lipinski definition) is 0. The van der Waals surface area contributed by atoms with Crippen LogP contribution in [-0.4, -0.2) is 103 Å². The zero-order valence-corrected chi connectivity index (χ0v) is 25.5. The van der Waals surface area contributed by atoms with E-state index in [4.69, 9.17) is 40.1 Å². The maximum atomic E-state index is 6.58. The third-order valence-corrected chi connectivity index (χ3v) is 23.8. The molecule has 0 aliphatic carbocycles. The van der Waals surface area contributed by atoms with E-state index >= 15 is 0 Å². The fourth-order valence-corrected chi connectivity index (χ4v) is 24.4. The van der Waals surface area contributed by atoms with Gasteiger partial charge >= 0.3 is 35.7 Å². The molecule has 5 unspecified atom stereocenters. The number of epoxide rings is 1. The normalized spacial score (nSPS) is 38.3. The van der Waals surface area contributed by atoms with Crippen LogP contribution in [0.1, 0.15) is 13.3 Å². The molecule has 0 spiro atoms. The van der Waals surface area contributed by atoms with Crippen LogP contribution < -0.4 is 0 Å². The summed E-state index contributed by atoms with van der Waals surface area (Å²) in [4.78, 5) is 0. The predicted molar refractivity (Wildman–Crippen MR) is 121 cm³/mol. The maximum Gasteiger partial charge on any atom is 0.382 e. The Morgan fingerprint density at radius 2 is 1.59 bits per heavy atom. The summed E-state index contributed by atoms with van der Waals surface area (Å²) in [6.45, 7) is 11.5. The van der Waals surface area contributed by atoms with Crippen molar-refractivity contribution in [3.8, 4) is 0 Å². The summed E-state index contributed by atoms with van der Waals surface area (Å²) < 4.78 is 55.1. The summed E-state index contributed by atoms with van der Waals surface area (Å²) >= 11 is 0. The molecule has 0 radical (unpaired) electrons. The van der Waals surface area contributed by atoms with Gasteiger partial charge in [0.25, 0.3) is 0 Å². The Bertz CT molecular complexity index is 508. The molecule has 0 aromatic heterocycles. The highest BCUT2D eigenvalue weighted by molar-refractivity contribution is 6.86. The Kier molecular flexibility index (Phi) is 9.46. The molecule has 5 atom stereocenters. The fraction of sp³-hybridized carbons (Fsp3) is 1.00. The van der Waals surface area contributed by atoms with Gasteiger partial charge in [-0.15, -0.1) is 0 Å². The van der Waals surface area contributed by atoms with E-state index in [9.17, 15) is 0 Å². The van der Waals surface area contributed by atoms with Crippen molar-refractivity contribution in [2.24, 2.45) is 0 Å². The fourth-order valence-electron chi connectivity index (χ4n) is 4.05. The predicted octanol–water partition coefficient (Wildman–Crippen LogP) is -0.490. The molecule has 2 aliphatic heterocycles. The van der Waals surface area contributed by atoms with Crippen LogP contribution in [0.15, 0.2) is 0 Å². The molecule has 2 rings (SSSR count). The lowest BCUT2D eigenvalue weighted by atomic mass is 10.5. The molecule has 0 N–H and O–H groups in total. The van der Waals surface area contributed by atoms with Gasteiger partial charge in [-0.25, -0.2) is 0 Å². The van der Waals surface area contributed by atoms with E-state index in [1.165, 1.54) is 0 Å². The number of hydrogen-bond acceptors (Lipinski definition) is 9. The van der Waals surface area contributed by atoms with Crippen LogP contribution in [0.25, 0.3) is 0 Å². The van der Waals surface area contributed by atoms with Crippen molar-refractivity contribution in [3.63, 3.8) is 0 Å². The molecule has 0 aromatic rings. The molecule has 0 amide bonds. The van der Waals surface area contributed by atoms with Crippen LogP contribution in [0.4, 0.5) is 0 Å². The lowest BCUT2D eigenvalue weighted by Gasteiger charge is -2.50. The molecule has 0 aromatic carbocycles. The molecular formula is C15H38O9Si5. The average molecular weight is 503 g/mol. The molecule has 9 nitrogen and oxygen atoms in total. The van der Waals surface area contributed by atoms with E-state index < -0.39 is 41.1 Å². The Balaban J connectivity index is 2.25. The van der Waals surface area contributed by atoms with Crippen molar-refractivity contribution in [2.75, 3.05) is 34.5 Å². The molecule has 2 saturated heterocycles. The monoisotopic (exact) mass is 502 g/mol. The van der Waals surface area contributed by atoms with Crippen LogP contribution >= 0.6 is 0 Å². The first-order chi connectivity index (χ1) is 13.6. The Morgan fingerprint density at radius 1 is 1.07 bits per heavy atom. The number of ether oxygens (including phenoxy) is 5. The van der Waals surface area contributed by atoms with Crippen LogP contribution in [-0.2, 0) is 40.1 Å². The summed E-state index contributed by atoms with van der Waals surface area (Å²) in [6, 6.07) is 0. The summed E-state index contributed by atoms with van der Waals surface area (Å²) in [5.74, 6) is 0. The summed E-state index contributed by atoms with van der Waals surface area (Å²) in [5, 5.41) is 0. The summed E-state index contributed by atoms with van der Waals surface area (Å²) in [5.41, 5.74) is -1.44. The van der Waals surface area contributed by atoms with Gasteiger partial charge in [0.05, 0.1) is 24.7 Å². The van der Waals surface area contributed by atoms with E-state index in [-0.39, 0.29) is 17.6 Å². The van der Waals surface area contributed by atoms with E-state index in [0.717, 1.165) is 13.0 Å². The van der Waals surface area contributed by atoms with Crippen molar-refractivity contribution in [1.82, 2.24) is 0 Å². The van der Waals surface area contributed by atoms with Gasteiger partial charge in [0.1, 0.15) is 6.10 Å². The standard InChI is InChI=1S/C15H38O9Si5/c1-9-13(20-11-12-10-19-12)28(7)21-26(5)23-29(8,24-27(6)22-28)15(17-3,18-4)14(25)16-2/h12-14,26-27H,9-11H2,1-8,25H3. The molecule has 2 fully saturated rings. The van der Waals surface area contributed by atoms with E-state index in [2.05, 4.69) is 13.5 Å². The van der Waals surface area contributed by atoms with Gasteiger partial charge in [-0.3, -0.25) is 0 Å². The van der Waals surface area contributed by atoms with Crippen molar-refractivity contribution >= 4 is 45.9 Å². The molecule has 14 heteroatoms. The van der Waals surface area contributed by atoms with Crippen LogP contribution in [0.5, 0.6) is 0 Å². The van der Waals surface area contributed by atoms with Crippen LogP contribution in [0.2, 0.25) is 26.2 Å². The smallest absolute Gasteiger partial charge is 0.382 e. The van der Waals surface area contributed by atoms with Gasteiger partial charge < -0.3 is 40.1 Å². The van der Waals surface area contributed by atoms with Gasteiger partial charge in [-0.05, 0) is 32.6 Å². The minimum Gasteiger partial charge on any atom is -0.417 e. The Morgan fingerprint density at radius 3 is 1.97 bits per heavy atom. The molecule has 172 valence electrons. The Hall–Kier alpha value is 0.724. The van der Waals surface area contributed by atoms with Crippen molar-refractivity contribution in [2.45, 2.75) is 62.5 Å². The molecule has 0 saturated carbocycles. The van der Waals surface area contributed by atoms with Gasteiger partial charge in [-0.1, -0.05) is 6.92 Å². The van der Waals surface area contributed by atoms with Crippen molar-refractivity contribution in [1.29, 1.82) is 0 Å². The molecule has 2 heterocycles. The molecule has 29 heavy (non-hydrogen) atoms. The minimum atomic E-state index is -3.04. The van der Waals surface area contributed by atoms with Crippen molar-refractivity contribution in [3.05, 3.63) is 0 Å². The zero-order valence-electron chi connectivity index (χ0n) is 19.2. The first kappa shape index (κ1) is 26.0. The molecule has 2 aliphatic rings. The molecular weight excluding hydrogens is 465 g/mol. The van der Waals surface area contributed by atoms with E-state index in [1.807, 2.05) is 19.6 Å². The highest BCUT2D eigenvalue weighted by atomic mass is 28.5. The van der Waals surface area contributed by atoms with E-state index in [1.54, 1.807) is 21.3 Å². The maximum absolute atomic E-state index is 6.58. The second-order valence-electron chi connectivity index (χ2n) is 7.71. The van der Waals surface area contributed by atoms with Gasteiger partial charge in [0, 0.05) is 31.6 Å². The molecule has 0 bridgehead atoms. The zero-order chi connectivity index (χ0) is 21.9. The quantitative estimate of drug-likeness (QED) is 0.223. The number of methoxy groups -OCH3 is 3. The van der Waals surface area contributed by atoms with Crippen LogP contribution in [0, 0.1) is 0 Å². The SMILES string of the molecule is CCC(OCC1CO1)[Si]1(C)O[SiH](C)O[Si](C)(C(OC)(OC)C([SiH3])OC)O[SiH](C)O1. The topological polar surface area (TPSA) is 86.4 Å². The summed E-state index contributed by atoms with van der Waals surface area (Å²) in [7, 11) is -4.46. The second kappa shape index (κ2) is 10.6. The third-order valence-electron chi connectivity index (χ3n) is 5.55. The number of rotatable bonds is 10. The summed E-state index contributed by atoms with van der Waals surface area (Å²) in [6.07, 6.45) is 1.00. The highest BCUT2D eigenvalue weighted by Crippen LogP contribution is 2.36. The van der Waals surface area contributed by atoms with Gasteiger partial charge in [-0.2, -0.15) is 0 Å². The lowest BCUT2D eigenvalue weighted by Crippen LogP contribution is -2.74. The first-order valence-electron chi connectivity index (χ1n) is 10.2. The second-order valence-corrected chi connectivity index (χ2v) is 20.1. The van der Waals surface area contributed by atoms with Gasteiger partial charge in [0.2, 0.25) is 5.41 Å². The minimum absolute atomic E-state index is 0.102. The lowest BCUT2D eigenvalue weighted by molar-refractivity contribution is -0.207. The van der Waals surface area contributed by atoms with Crippen molar-refractivity contribution < 1.29 is 40.1 Å². The van der Waals surface area contributed by atoms with Crippen LogP contribution in [0.3, 0.4) is 0 Å².